The molecule has 0 unspecified atom stereocenters. The number of carbonyl (C=O) groups excluding carboxylic acids is 1. The summed E-state index contributed by atoms with van der Waals surface area (Å²) in [5.74, 6) is 0.168. The quantitative estimate of drug-likeness (QED) is 0.675. The van der Waals surface area contributed by atoms with Gasteiger partial charge in [0.2, 0.25) is 5.95 Å². The maximum absolute atomic E-state index is 12.7. The highest BCUT2D eigenvalue weighted by Gasteiger charge is 2.13. The van der Waals surface area contributed by atoms with E-state index in [-0.39, 0.29) is 5.91 Å². The summed E-state index contributed by atoms with van der Waals surface area (Å²) in [5.41, 5.74) is 6.14. The lowest BCUT2D eigenvalue weighted by Crippen LogP contribution is -2.16. The second-order valence-corrected chi connectivity index (χ2v) is 6.63. The van der Waals surface area contributed by atoms with Gasteiger partial charge in [0.15, 0.2) is 0 Å². The molecule has 0 spiro atoms. The van der Waals surface area contributed by atoms with Crippen molar-refractivity contribution < 1.29 is 4.79 Å². The third-order valence-corrected chi connectivity index (χ3v) is 4.36. The molecular formula is C22H24N4O. The van der Waals surface area contributed by atoms with Crippen LogP contribution >= 0.6 is 0 Å². The van der Waals surface area contributed by atoms with E-state index in [4.69, 9.17) is 0 Å². The van der Waals surface area contributed by atoms with E-state index in [1.807, 2.05) is 57.2 Å². The summed E-state index contributed by atoms with van der Waals surface area (Å²) in [6.07, 6.45) is 0.898. The van der Waals surface area contributed by atoms with Crippen LogP contribution in [0.1, 0.15) is 39.8 Å². The van der Waals surface area contributed by atoms with Gasteiger partial charge in [0.25, 0.3) is 5.91 Å². The molecule has 1 aromatic heterocycles. The van der Waals surface area contributed by atoms with E-state index in [0.717, 1.165) is 34.6 Å². The van der Waals surface area contributed by atoms with Crippen LogP contribution in [-0.2, 0) is 6.42 Å². The Morgan fingerprint density at radius 3 is 2.48 bits per heavy atom. The van der Waals surface area contributed by atoms with Crippen LogP contribution in [-0.4, -0.2) is 15.9 Å². The molecule has 1 heterocycles. The number of aryl methyl sites for hydroxylation is 4. The van der Waals surface area contributed by atoms with Gasteiger partial charge in [-0.2, -0.15) is 0 Å². The second kappa shape index (κ2) is 7.99. The fourth-order valence-corrected chi connectivity index (χ4v) is 2.95. The number of benzene rings is 2. The molecule has 27 heavy (non-hydrogen) atoms. The van der Waals surface area contributed by atoms with Gasteiger partial charge >= 0.3 is 0 Å². The fourth-order valence-electron chi connectivity index (χ4n) is 2.95. The number of amides is 1. The Morgan fingerprint density at radius 1 is 0.963 bits per heavy atom. The molecule has 2 N–H and O–H groups in total. The lowest BCUT2D eigenvalue weighted by molar-refractivity contribution is 0.102. The normalized spacial score (nSPS) is 10.5. The number of hydrogen-bond donors (Lipinski definition) is 2. The summed E-state index contributed by atoms with van der Waals surface area (Å²) in [7, 11) is 0. The molecule has 0 aliphatic heterocycles. The molecule has 5 heteroatoms. The predicted molar refractivity (Wildman–Crippen MR) is 110 cm³/mol. The van der Waals surface area contributed by atoms with E-state index in [0.29, 0.717) is 11.6 Å². The Balaban J connectivity index is 1.85. The topological polar surface area (TPSA) is 66.9 Å². The van der Waals surface area contributed by atoms with Crippen molar-refractivity contribution in [3.8, 4) is 0 Å². The Bertz CT molecular complexity index is 982. The van der Waals surface area contributed by atoms with Gasteiger partial charge in [-0.3, -0.25) is 4.79 Å². The lowest BCUT2D eigenvalue weighted by atomic mass is 10.1. The number of aromatic nitrogens is 2. The molecule has 0 saturated heterocycles. The van der Waals surface area contributed by atoms with Crippen LogP contribution in [0.2, 0.25) is 0 Å². The molecule has 0 bridgehead atoms. The summed E-state index contributed by atoms with van der Waals surface area (Å²) in [6, 6.07) is 15.6. The molecule has 0 aliphatic rings. The molecule has 2 aromatic carbocycles. The highest BCUT2D eigenvalue weighted by molar-refractivity contribution is 6.03. The zero-order chi connectivity index (χ0) is 19.4. The van der Waals surface area contributed by atoms with Gasteiger partial charge in [-0.25, -0.2) is 9.97 Å². The van der Waals surface area contributed by atoms with Crippen molar-refractivity contribution in [2.24, 2.45) is 0 Å². The SMILES string of the molecule is CCc1ccccc1Nc1nc(C)cc(C(=O)Nc2ccc(C)cc2C)n1. The number of nitrogens with zero attached hydrogens (tertiary/aromatic N) is 2. The zero-order valence-corrected chi connectivity index (χ0v) is 16.1. The first-order valence-corrected chi connectivity index (χ1v) is 9.05. The van der Waals surface area contributed by atoms with E-state index >= 15 is 0 Å². The smallest absolute Gasteiger partial charge is 0.274 e. The Labute approximate surface area is 159 Å². The molecule has 0 saturated carbocycles. The van der Waals surface area contributed by atoms with Crippen molar-refractivity contribution in [1.29, 1.82) is 0 Å². The molecule has 0 atom stereocenters. The van der Waals surface area contributed by atoms with Crippen molar-refractivity contribution >= 4 is 23.2 Å². The van der Waals surface area contributed by atoms with Crippen molar-refractivity contribution in [3.05, 3.63) is 76.6 Å². The number of rotatable bonds is 5. The summed E-state index contributed by atoms with van der Waals surface area (Å²) in [4.78, 5) is 21.5. The average molecular weight is 360 g/mol. The largest absolute Gasteiger partial charge is 0.324 e. The molecule has 0 fully saturated rings. The van der Waals surface area contributed by atoms with Crippen LogP contribution in [0.15, 0.2) is 48.5 Å². The van der Waals surface area contributed by atoms with Gasteiger partial charge in [0.05, 0.1) is 0 Å². The maximum atomic E-state index is 12.7. The molecule has 1 amide bonds. The summed E-state index contributed by atoms with van der Waals surface area (Å²) in [6.45, 7) is 7.95. The predicted octanol–water partition coefficient (Wildman–Crippen LogP) is 4.96. The van der Waals surface area contributed by atoms with E-state index in [9.17, 15) is 4.79 Å². The van der Waals surface area contributed by atoms with E-state index in [2.05, 4.69) is 33.6 Å². The second-order valence-electron chi connectivity index (χ2n) is 6.63. The number of nitrogens with one attached hydrogen (secondary N) is 2. The first-order valence-electron chi connectivity index (χ1n) is 9.05. The van der Waals surface area contributed by atoms with Gasteiger partial charge in [0.1, 0.15) is 5.69 Å². The van der Waals surface area contributed by atoms with Gasteiger partial charge in [-0.05, 0) is 56.5 Å². The zero-order valence-electron chi connectivity index (χ0n) is 16.1. The van der Waals surface area contributed by atoms with E-state index in [1.54, 1.807) is 6.07 Å². The average Bonchev–Trinajstić information content (AvgIpc) is 2.64. The fraction of sp³-hybridized carbons (Fsp3) is 0.227. The van der Waals surface area contributed by atoms with Gasteiger partial charge in [-0.1, -0.05) is 42.8 Å². The van der Waals surface area contributed by atoms with Crippen molar-refractivity contribution in [2.75, 3.05) is 10.6 Å². The highest BCUT2D eigenvalue weighted by atomic mass is 16.1. The molecule has 0 radical (unpaired) electrons. The summed E-state index contributed by atoms with van der Waals surface area (Å²) < 4.78 is 0. The van der Waals surface area contributed by atoms with Crippen molar-refractivity contribution in [1.82, 2.24) is 9.97 Å². The third kappa shape index (κ3) is 4.50. The van der Waals surface area contributed by atoms with Gasteiger partial charge in [0, 0.05) is 17.1 Å². The van der Waals surface area contributed by atoms with Gasteiger partial charge in [-0.15, -0.1) is 0 Å². The van der Waals surface area contributed by atoms with Crippen LogP contribution in [0.4, 0.5) is 17.3 Å². The Morgan fingerprint density at radius 2 is 1.74 bits per heavy atom. The lowest BCUT2D eigenvalue weighted by Gasteiger charge is -2.12. The molecule has 5 nitrogen and oxygen atoms in total. The third-order valence-electron chi connectivity index (χ3n) is 4.36. The van der Waals surface area contributed by atoms with Crippen LogP contribution < -0.4 is 10.6 Å². The van der Waals surface area contributed by atoms with Crippen molar-refractivity contribution in [2.45, 2.75) is 34.1 Å². The van der Waals surface area contributed by atoms with E-state index < -0.39 is 0 Å². The minimum atomic E-state index is -0.251. The van der Waals surface area contributed by atoms with Crippen molar-refractivity contribution in [3.63, 3.8) is 0 Å². The molecule has 3 rings (SSSR count). The molecule has 0 aliphatic carbocycles. The minimum absolute atomic E-state index is 0.251. The first kappa shape index (κ1) is 18.6. The number of hydrogen-bond acceptors (Lipinski definition) is 4. The molecular weight excluding hydrogens is 336 g/mol. The highest BCUT2D eigenvalue weighted by Crippen LogP contribution is 2.20. The van der Waals surface area contributed by atoms with Crippen LogP contribution in [0, 0.1) is 20.8 Å². The Kier molecular flexibility index (Phi) is 5.50. The number of carbonyl (C=O) groups is 1. The van der Waals surface area contributed by atoms with Crippen LogP contribution in [0.25, 0.3) is 0 Å². The number of anilines is 3. The molecule has 3 aromatic rings. The minimum Gasteiger partial charge on any atom is -0.324 e. The number of para-hydroxylation sites is 1. The Hall–Kier alpha value is -3.21. The summed E-state index contributed by atoms with van der Waals surface area (Å²) >= 11 is 0. The van der Waals surface area contributed by atoms with Gasteiger partial charge < -0.3 is 10.6 Å². The monoisotopic (exact) mass is 360 g/mol. The standard InChI is InChI=1S/C22H24N4O/c1-5-17-8-6-7-9-19(17)25-22-23-16(4)13-20(26-22)21(27)24-18-11-10-14(2)12-15(18)3/h6-13H,5H2,1-4H3,(H,24,27)(H,23,25,26). The van der Waals surface area contributed by atoms with Crippen LogP contribution in [0.3, 0.4) is 0 Å². The maximum Gasteiger partial charge on any atom is 0.274 e. The van der Waals surface area contributed by atoms with Crippen LogP contribution in [0.5, 0.6) is 0 Å². The summed E-state index contributed by atoms with van der Waals surface area (Å²) in [5, 5.41) is 6.18. The molecule has 138 valence electrons. The first-order chi connectivity index (χ1) is 13.0. The van der Waals surface area contributed by atoms with E-state index in [1.165, 1.54) is 5.56 Å².